The van der Waals surface area contributed by atoms with Crippen molar-refractivity contribution in [2.24, 2.45) is 0 Å². The van der Waals surface area contributed by atoms with E-state index in [1.165, 1.54) is 43.3 Å². The van der Waals surface area contributed by atoms with Crippen LogP contribution in [-0.4, -0.2) is 23.4 Å². The molecule has 0 atom stereocenters. The summed E-state index contributed by atoms with van der Waals surface area (Å²) >= 11 is 5.70. The second kappa shape index (κ2) is 7.24. The molecule has 0 spiro atoms. The molecule has 1 heterocycles. The van der Waals surface area contributed by atoms with Gasteiger partial charge in [0.15, 0.2) is 0 Å². The first-order chi connectivity index (χ1) is 12.8. The van der Waals surface area contributed by atoms with E-state index in [9.17, 15) is 18.8 Å². The molecule has 0 saturated carbocycles. The van der Waals surface area contributed by atoms with Gasteiger partial charge in [0.1, 0.15) is 23.9 Å². The molecule has 1 saturated heterocycles. The summed E-state index contributed by atoms with van der Waals surface area (Å²) in [6.07, 6.45) is 0. The maximum absolute atomic E-state index is 13.7. The number of ether oxygens (including phenoxy) is 2. The number of hydrogen-bond acceptors (Lipinski definition) is 5. The van der Waals surface area contributed by atoms with Crippen LogP contribution in [0, 0.1) is 5.82 Å². The maximum Gasteiger partial charge on any atom is 0.328 e. The molecule has 0 aromatic heterocycles. The van der Waals surface area contributed by atoms with Crippen LogP contribution in [0.2, 0.25) is 5.02 Å². The van der Waals surface area contributed by atoms with Gasteiger partial charge in [0.05, 0.1) is 0 Å². The molecule has 3 rings (SSSR count). The molecule has 1 aliphatic heterocycles. The fourth-order valence-electron chi connectivity index (χ4n) is 2.31. The SMILES string of the molecule is CC1(Oc2ccc(OCc3ccc(Cl)cc3F)cc2)C(=O)NC(=O)NC1=O. The Kier molecular flexibility index (Phi) is 5.00. The first-order valence-electron chi connectivity index (χ1n) is 7.80. The molecule has 1 fully saturated rings. The van der Waals surface area contributed by atoms with Crippen LogP contribution >= 0.6 is 11.6 Å². The first-order valence-corrected chi connectivity index (χ1v) is 8.18. The molecule has 140 valence electrons. The molecular weight excluding hydrogens is 379 g/mol. The number of carbonyl (C=O) groups is 3. The Bertz CT molecular complexity index is 896. The van der Waals surface area contributed by atoms with E-state index in [1.54, 1.807) is 6.07 Å². The molecule has 2 aromatic carbocycles. The lowest BCUT2D eigenvalue weighted by Gasteiger charge is -2.30. The number of urea groups is 1. The Morgan fingerprint density at radius 3 is 2.19 bits per heavy atom. The summed E-state index contributed by atoms with van der Waals surface area (Å²) in [5, 5.41) is 4.25. The topological polar surface area (TPSA) is 93.7 Å². The molecule has 2 aromatic rings. The number of imide groups is 2. The molecule has 0 bridgehead atoms. The third-order valence-electron chi connectivity index (χ3n) is 3.88. The normalized spacial score (nSPS) is 15.7. The highest BCUT2D eigenvalue weighted by molar-refractivity contribution is 6.30. The number of barbiturate groups is 1. The van der Waals surface area contributed by atoms with Crippen molar-refractivity contribution in [2.45, 2.75) is 19.1 Å². The maximum atomic E-state index is 13.7. The van der Waals surface area contributed by atoms with Gasteiger partial charge in [-0.2, -0.15) is 0 Å². The fourth-order valence-corrected chi connectivity index (χ4v) is 2.47. The van der Waals surface area contributed by atoms with Gasteiger partial charge in [-0.3, -0.25) is 20.2 Å². The second-order valence-electron chi connectivity index (χ2n) is 5.87. The Hall–Kier alpha value is -3.13. The molecule has 27 heavy (non-hydrogen) atoms. The summed E-state index contributed by atoms with van der Waals surface area (Å²) in [5.41, 5.74) is -1.55. The zero-order chi connectivity index (χ0) is 19.6. The van der Waals surface area contributed by atoms with Crippen molar-refractivity contribution in [1.82, 2.24) is 10.6 Å². The van der Waals surface area contributed by atoms with Gasteiger partial charge in [-0.1, -0.05) is 17.7 Å². The Morgan fingerprint density at radius 1 is 1.00 bits per heavy atom. The number of benzene rings is 2. The average molecular weight is 393 g/mol. The highest BCUT2D eigenvalue weighted by atomic mass is 35.5. The summed E-state index contributed by atoms with van der Waals surface area (Å²) in [7, 11) is 0. The van der Waals surface area contributed by atoms with Crippen LogP contribution in [0.15, 0.2) is 42.5 Å². The van der Waals surface area contributed by atoms with E-state index in [0.717, 1.165) is 0 Å². The highest BCUT2D eigenvalue weighted by Gasteiger charge is 2.48. The van der Waals surface area contributed by atoms with Gasteiger partial charge in [0, 0.05) is 10.6 Å². The summed E-state index contributed by atoms with van der Waals surface area (Å²) in [6, 6.07) is 9.43. The minimum Gasteiger partial charge on any atom is -0.489 e. The minimum absolute atomic E-state index is 0.00611. The molecule has 9 heteroatoms. The van der Waals surface area contributed by atoms with Crippen LogP contribution < -0.4 is 20.1 Å². The van der Waals surface area contributed by atoms with Gasteiger partial charge < -0.3 is 9.47 Å². The number of halogens is 2. The van der Waals surface area contributed by atoms with Crippen LogP contribution in [-0.2, 0) is 16.2 Å². The van der Waals surface area contributed by atoms with Gasteiger partial charge in [0.25, 0.3) is 17.4 Å². The minimum atomic E-state index is -1.89. The van der Waals surface area contributed by atoms with E-state index in [4.69, 9.17) is 21.1 Å². The van der Waals surface area contributed by atoms with E-state index >= 15 is 0 Å². The van der Waals surface area contributed by atoms with Crippen LogP contribution in [0.3, 0.4) is 0 Å². The molecule has 0 unspecified atom stereocenters. The third kappa shape index (κ3) is 4.01. The quantitative estimate of drug-likeness (QED) is 0.763. The standard InChI is InChI=1S/C18H14ClFN2O5/c1-18(15(23)21-17(25)22-16(18)24)27-13-6-4-12(5-7-13)26-9-10-2-3-11(19)8-14(10)20/h2-8H,9H2,1H3,(H2,21,22,23,24,25). The van der Waals surface area contributed by atoms with Gasteiger partial charge in [-0.15, -0.1) is 0 Å². The van der Waals surface area contributed by atoms with Crippen LogP contribution in [0.5, 0.6) is 11.5 Å². The lowest BCUT2D eigenvalue weighted by molar-refractivity contribution is -0.149. The second-order valence-corrected chi connectivity index (χ2v) is 6.30. The number of amides is 4. The number of rotatable bonds is 5. The van der Waals surface area contributed by atoms with Crippen LogP contribution in [0.4, 0.5) is 9.18 Å². The van der Waals surface area contributed by atoms with E-state index < -0.39 is 29.3 Å². The molecule has 7 nitrogen and oxygen atoms in total. The van der Waals surface area contributed by atoms with Crippen molar-refractivity contribution in [2.75, 3.05) is 0 Å². The zero-order valence-corrected chi connectivity index (χ0v) is 14.8. The van der Waals surface area contributed by atoms with E-state index in [1.807, 2.05) is 10.6 Å². The zero-order valence-electron chi connectivity index (χ0n) is 14.0. The summed E-state index contributed by atoms with van der Waals surface area (Å²) in [5.74, 6) is -1.57. The van der Waals surface area contributed by atoms with Crippen molar-refractivity contribution < 1.29 is 28.2 Å². The summed E-state index contributed by atoms with van der Waals surface area (Å²) < 4.78 is 24.7. The van der Waals surface area contributed by atoms with Crippen molar-refractivity contribution in [1.29, 1.82) is 0 Å². The molecule has 1 aliphatic rings. The van der Waals surface area contributed by atoms with Crippen LogP contribution in [0.25, 0.3) is 0 Å². The summed E-state index contributed by atoms with van der Waals surface area (Å²) in [6.45, 7) is 1.24. The molecular formula is C18H14ClFN2O5. The van der Waals surface area contributed by atoms with Crippen LogP contribution in [0.1, 0.15) is 12.5 Å². The van der Waals surface area contributed by atoms with Crippen molar-refractivity contribution in [3.8, 4) is 11.5 Å². The van der Waals surface area contributed by atoms with Gasteiger partial charge in [0.2, 0.25) is 0 Å². The van der Waals surface area contributed by atoms with Gasteiger partial charge in [-0.25, -0.2) is 9.18 Å². The lowest BCUT2D eigenvalue weighted by atomic mass is 10.0. The molecule has 0 aliphatic carbocycles. The van der Waals surface area contributed by atoms with Gasteiger partial charge >= 0.3 is 6.03 Å². The number of nitrogens with one attached hydrogen (secondary N) is 2. The summed E-state index contributed by atoms with van der Waals surface area (Å²) in [4.78, 5) is 35.0. The average Bonchev–Trinajstić information content (AvgIpc) is 2.60. The third-order valence-corrected chi connectivity index (χ3v) is 4.11. The van der Waals surface area contributed by atoms with Crippen molar-refractivity contribution in [3.63, 3.8) is 0 Å². The predicted molar refractivity (Wildman–Crippen MR) is 92.9 cm³/mol. The largest absolute Gasteiger partial charge is 0.489 e. The monoisotopic (exact) mass is 392 g/mol. The van der Waals surface area contributed by atoms with Crippen molar-refractivity contribution >= 4 is 29.4 Å². The first kappa shape index (κ1) is 18.7. The van der Waals surface area contributed by atoms with E-state index in [-0.39, 0.29) is 12.4 Å². The van der Waals surface area contributed by atoms with Crippen molar-refractivity contribution in [3.05, 3.63) is 58.9 Å². The fraction of sp³-hybridized carbons (Fsp3) is 0.167. The predicted octanol–water partition coefficient (Wildman–Crippen LogP) is 2.56. The Balaban J connectivity index is 1.66. The smallest absolute Gasteiger partial charge is 0.328 e. The Morgan fingerprint density at radius 2 is 1.59 bits per heavy atom. The lowest BCUT2D eigenvalue weighted by Crippen LogP contribution is -2.67. The molecule has 4 amide bonds. The van der Waals surface area contributed by atoms with E-state index in [2.05, 4.69) is 0 Å². The van der Waals surface area contributed by atoms with Gasteiger partial charge in [-0.05, 0) is 43.3 Å². The Labute approximate surface area is 158 Å². The highest BCUT2D eigenvalue weighted by Crippen LogP contribution is 2.24. The number of carbonyl (C=O) groups excluding carboxylic acids is 3. The van der Waals surface area contributed by atoms with E-state index in [0.29, 0.717) is 16.3 Å². The molecule has 0 radical (unpaired) electrons. The molecule has 2 N–H and O–H groups in total. The number of hydrogen-bond donors (Lipinski definition) is 2.